The van der Waals surface area contributed by atoms with E-state index in [2.05, 4.69) is 20.1 Å². The fourth-order valence-electron chi connectivity index (χ4n) is 3.67. The Morgan fingerprint density at radius 2 is 1.40 bits per heavy atom. The number of carbonyl (C=O) groups is 4. The second-order valence-corrected chi connectivity index (χ2v) is 8.68. The molecule has 0 spiro atoms. The summed E-state index contributed by atoms with van der Waals surface area (Å²) in [6.07, 6.45) is 0.391. The quantitative estimate of drug-likeness (QED) is 0.186. The van der Waals surface area contributed by atoms with Gasteiger partial charge in [0.05, 0.1) is 33.0 Å². The minimum Gasteiger partial charge on any atom is -0.480 e. The number of hydrogen-bond donors (Lipinski definition) is 4. The zero-order valence-electron chi connectivity index (χ0n) is 21.4. The van der Waals surface area contributed by atoms with Crippen LogP contribution in [0.15, 0.2) is 30.3 Å². The normalized spacial score (nSPS) is 16.2. The molecule has 40 heavy (non-hydrogen) atoms. The monoisotopic (exact) mass is 580 g/mol. The summed E-state index contributed by atoms with van der Waals surface area (Å²) < 4.78 is 63.4. The minimum absolute atomic E-state index is 0.0404. The first-order valence-electron chi connectivity index (χ1n) is 12.3. The average molecular weight is 581 g/mol. The van der Waals surface area contributed by atoms with E-state index in [4.69, 9.17) is 4.74 Å². The van der Waals surface area contributed by atoms with E-state index in [-0.39, 0.29) is 13.0 Å². The lowest BCUT2D eigenvalue weighted by Crippen LogP contribution is -2.58. The van der Waals surface area contributed by atoms with E-state index < -0.39 is 68.3 Å². The molecule has 2 rings (SSSR count). The summed E-state index contributed by atoms with van der Waals surface area (Å²) in [6, 6.07) is 3.89. The number of nitrogens with one attached hydrogen (secondary N) is 3. The maximum Gasteiger partial charge on any atom is 0.345 e. The Morgan fingerprint density at radius 3 is 1.98 bits per heavy atom. The van der Waals surface area contributed by atoms with Crippen LogP contribution < -0.4 is 16.0 Å². The fourth-order valence-corrected chi connectivity index (χ4v) is 3.67. The van der Waals surface area contributed by atoms with Crippen molar-refractivity contribution < 1.29 is 56.1 Å². The largest absolute Gasteiger partial charge is 0.480 e. The van der Waals surface area contributed by atoms with E-state index >= 15 is 0 Å². The molecule has 3 atom stereocenters. The van der Waals surface area contributed by atoms with E-state index in [1.54, 1.807) is 30.3 Å². The summed E-state index contributed by atoms with van der Waals surface area (Å²) in [5, 5.41) is 15.8. The van der Waals surface area contributed by atoms with Gasteiger partial charge in [-0.3, -0.25) is 19.3 Å². The number of carboxylic acid groups (broad SMARTS) is 1. The van der Waals surface area contributed by atoms with Gasteiger partial charge in [0.15, 0.2) is 6.04 Å². The van der Waals surface area contributed by atoms with Crippen molar-refractivity contribution in [1.82, 2.24) is 20.9 Å². The Labute approximate surface area is 227 Å². The molecule has 1 saturated heterocycles. The van der Waals surface area contributed by atoms with Gasteiger partial charge in [-0.05, 0) is 18.4 Å². The predicted molar refractivity (Wildman–Crippen MR) is 129 cm³/mol. The van der Waals surface area contributed by atoms with Gasteiger partial charge in [0.25, 0.3) is 0 Å². The van der Waals surface area contributed by atoms with Gasteiger partial charge in [0.1, 0.15) is 12.1 Å². The number of aliphatic carboxylic acids is 1. The second kappa shape index (κ2) is 17.4. The summed E-state index contributed by atoms with van der Waals surface area (Å²) in [6.45, 7) is -7.05. The third-order valence-electron chi connectivity index (χ3n) is 5.71. The van der Waals surface area contributed by atoms with Crippen LogP contribution in [0, 0.1) is 0 Å². The summed E-state index contributed by atoms with van der Waals surface area (Å²) in [4.78, 5) is 51.7. The van der Waals surface area contributed by atoms with Crippen LogP contribution in [-0.4, -0.2) is 111 Å². The van der Waals surface area contributed by atoms with Crippen LogP contribution in [-0.2, 0) is 39.8 Å². The van der Waals surface area contributed by atoms with E-state index in [0.717, 1.165) is 5.56 Å². The van der Waals surface area contributed by atoms with Crippen molar-refractivity contribution in [2.45, 2.75) is 44.2 Å². The number of hydrogen-bond acceptors (Lipinski definition) is 8. The number of alkyl halides is 4. The molecule has 1 aliphatic heterocycles. The number of nitrogens with zero attached hydrogens (tertiary/aromatic N) is 1. The van der Waals surface area contributed by atoms with Crippen LogP contribution in [0.25, 0.3) is 0 Å². The Balaban J connectivity index is 2.14. The highest BCUT2D eigenvalue weighted by molar-refractivity contribution is 5.93. The standard InChI is InChI=1S/C24H32F4N4O8/c25-23(26)39-13-17(21(35)31-18(22(36)37)14-40-24(27)28)30-20(34)16(7-6-15-4-2-1-3-5-15)29-19(33)12-32-8-10-38-11-9-32/h1-5,16-18,23-24H,6-14H2,(H,29,33)(H,30,34)(H,31,35)(H,36,37)/t16-,17-,18-/m0/s1. The van der Waals surface area contributed by atoms with Gasteiger partial charge in [-0.2, -0.15) is 17.6 Å². The number of morpholine rings is 1. The SMILES string of the molecule is O=C(CN1CCOCC1)N[C@@H](CCc1ccccc1)C(=O)N[C@@H](COC(F)F)C(=O)N[C@@H](COC(F)F)C(=O)O. The molecule has 0 aromatic heterocycles. The van der Waals surface area contributed by atoms with Crippen LogP contribution in [0.1, 0.15) is 12.0 Å². The van der Waals surface area contributed by atoms with Gasteiger partial charge >= 0.3 is 19.2 Å². The zero-order chi connectivity index (χ0) is 29.5. The lowest BCUT2D eigenvalue weighted by molar-refractivity contribution is -0.159. The summed E-state index contributed by atoms with van der Waals surface area (Å²) in [5.41, 5.74) is 0.835. The van der Waals surface area contributed by atoms with Gasteiger partial charge in [-0.1, -0.05) is 30.3 Å². The van der Waals surface area contributed by atoms with E-state index in [1.165, 1.54) is 0 Å². The highest BCUT2D eigenvalue weighted by atomic mass is 19.3. The topological polar surface area (TPSA) is 156 Å². The van der Waals surface area contributed by atoms with Crippen LogP contribution in [0.4, 0.5) is 17.6 Å². The highest BCUT2D eigenvalue weighted by Gasteiger charge is 2.31. The molecule has 1 aliphatic rings. The number of halogens is 4. The Bertz CT molecular complexity index is 954. The third kappa shape index (κ3) is 12.7. The fraction of sp³-hybridized carbons (Fsp3) is 0.583. The van der Waals surface area contributed by atoms with Gasteiger partial charge < -0.3 is 35.3 Å². The molecule has 0 radical (unpaired) electrons. The molecule has 1 aromatic rings. The first-order valence-corrected chi connectivity index (χ1v) is 12.3. The Morgan fingerprint density at radius 1 is 0.850 bits per heavy atom. The first-order chi connectivity index (χ1) is 19.0. The molecule has 1 heterocycles. The lowest BCUT2D eigenvalue weighted by atomic mass is 10.0. The van der Waals surface area contributed by atoms with Crippen molar-refractivity contribution in [3.8, 4) is 0 Å². The van der Waals surface area contributed by atoms with Crippen molar-refractivity contribution in [3.63, 3.8) is 0 Å². The van der Waals surface area contributed by atoms with Crippen LogP contribution in [0.5, 0.6) is 0 Å². The zero-order valence-corrected chi connectivity index (χ0v) is 21.4. The van der Waals surface area contributed by atoms with Crippen molar-refractivity contribution in [3.05, 3.63) is 35.9 Å². The van der Waals surface area contributed by atoms with Gasteiger partial charge in [0.2, 0.25) is 17.7 Å². The average Bonchev–Trinajstić information content (AvgIpc) is 2.91. The van der Waals surface area contributed by atoms with Crippen LogP contribution in [0.3, 0.4) is 0 Å². The molecule has 1 fully saturated rings. The molecular formula is C24H32F4N4O8. The molecular weight excluding hydrogens is 548 g/mol. The molecule has 224 valence electrons. The smallest absolute Gasteiger partial charge is 0.345 e. The molecule has 3 amide bonds. The molecule has 16 heteroatoms. The number of ether oxygens (including phenoxy) is 3. The third-order valence-corrected chi connectivity index (χ3v) is 5.71. The number of aryl methyl sites for hydroxylation is 1. The van der Waals surface area contributed by atoms with E-state index in [0.29, 0.717) is 32.7 Å². The minimum atomic E-state index is -3.34. The van der Waals surface area contributed by atoms with Gasteiger partial charge in [-0.25, -0.2) is 4.79 Å². The number of amides is 3. The summed E-state index contributed by atoms with van der Waals surface area (Å²) in [5.74, 6) is -4.49. The summed E-state index contributed by atoms with van der Waals surface area (Å²) >= 11 is 0. The van der Waals surface area contributed by atoms with Crippen molar-refractivity contribution in [2.24, 2.45) is 0 Å². The molecule has 0 aliphatic carbocycles. The van der Waals surface area contributed by atoms with E-state index in [1.807, 2.05) is 10.2 Å². The number of carbonyl (C=O) groups excluding carboxylic acids is 3. The lowest BCUT2D eigenvalue weighted by Gasteiger charge is -2.27. The van der Waals surface area contributed by atoms with Gasteiger partial charge in [-0.15, -0.1) is 0 Å². The van der Waals surface area contributed by atoms with Crippen molar-refractivity contribution >= 4 is 23.7 Å². The predicted octanol–water partition coefficient (Wildman–Crippen LogP) is -0.0312. The maximum atomic E-state index is 13.2. The molecule has 4 N–H and O–H groups in total. The highest BCUT2D eigenvalue weighted by Crippen LogP contribution is 2.08. The molecule has 0 unspecified atom stereocenters. The van der Waals surface area contributed by atoms with E-state index in [9.17, 15) is 41.8 Å². The summed E-state index contributed by atoms with van der Waals surface area (Å²) in [7, 11) is 0. The second-order valence-electron chi connectivity index (χ2n) is 8.68. The maximum absolute atomic E-state index is 13.2. The molecule has 0 saturated carbocycles. The van der Waals surface area contributed by atoms with Crippen LogP contribution >= 0.6 is 0 Å². The van der Waals surface area contributed by atoms with Crippen molar-refractivity contribution in [2.75, 3.05) is 46.1 Å². The van der Waals surface area contributed by atoms with Crippen LogP contribution in [0.2, 0.25) is 0 Å². The van der Waals surface area contributed by atoms with Gasteiger partial charge in [0, 0.05) is 13.1 Å². The first kappa shape index (κ1) is 32.9. The Kier molecular flexibility index (Phi) is 14.3. The number of carboxylic acids is 1. The molecule has 12 nitrogen and oxygen atoms in total. The van der Waals surface area contributed by atoms with Crippen molar-refractivity contribution in [1.29, 1.82) is 0 Å². The number of benzene rings is 1. The molecule has 1 aromatic carbocycles. The Hall–Kier alpha value is -3.34. The molecule has 0 bridgehead atoms. The number of rotatable bonds is 17.